The second-order valence-corrected chi connectivity index (χ2v) is 10.3. The summed E-state index contributed by atoms with van der Waals surface area (Å²) in [5.74, 6) is -0.256. The molecule has 0 bridgehead atoms. The van der Waals surface area contributed by atoms with Gasteiger partial charge in [0.2, 0.25) is 5.91 Å². The molecule has 2 heterocycles. The van der Waals surface area contributed by atoms with Crippen LogP contribution in [0.15, 0.2) is 61.0 Å². The van der Waals surface area contributed by atoms with E-state index in [2.05, 4.69) is 30.4 Å². The van der Waals surface area contributed by atoms with E-state index in [4.69, 9.17) is 10.8 Å². The molecule has 2 amide bonds. The molecule has 7 nitrogen and oxygen atoms in total. The Balaban J connectivity index is 0.00000151. The second-order valence-electron chi connectivity index (χ2n) is 10.3. The number of fused-ring (bicyclic) bond motifs is 1. The van der Waals surface area contributed by atoms with Crippen LogP contribution < -0.4 is 5.32 Å². The molecule has 1 aromatic rings. The van der Waals surface area contributed by atoms with E-state index in [-0.39, 0.29) is 18.9 Å². The second kappa shape index (κ2) is 14.8. The van der Waals surface area contributed by atoms with Gasteiger partial charge in [0, 0.05) is 37.5 Å². The van der Waals surface area contributed by atoms with E-state index >= 15 is 0 Å². The van der Waals surface area contributed by atoms with E-state index in [0.717, 1.165) is 35.3 Å². The fraction of sp³-hybridized carbons (Fsp3) is 0.433. The highest BCUT2D eigenvalue weighted by atomic mass is 16.2. The summed E-state index contributed by atoms with van der Waals surface area (Å²) in [5.41, 5.74) is 4.17. The average Bonchev–Trinajstić information content (AvgIpc) is 2.85. The monoisotopic (exact) mass is 507 g/mol. The highest BCUT2D eigenvalue weighted by Gasteiger charge is 2.30. The third-order valence-electron chi connectivity index (χ3n) is 5.71. The fourth-order valence-electron chi connectivity index (χ4n) is 3.46. The Labute approximate surface area is 224 Å². The number of rotatable bonds is 9. The maximum Gasteiger partial charge on any atom is 0.274 e. The first-order valence-electron chi connectivity index (χ1n) is 12.7. The zero-order chi connectivity index (χ0) is 28.2. The minimum atomic E-state index is -0.439. The van der Waals surface area contributed by atoms with Crippen molar-refractivity contribution in [3.8, 4) is 0 Å². The summed E-state index contributed by atoms with van der Waals surface area (Å²) in [6, 6.07) is 1.75. The highest BCUT2D eigenvalue weighted by Crippen LogP contribution is 2.24. The normalized spacial score (nSPS) is 13.2. The molecule has 37 heavy (non-hydrogen) atoms. The average molecular weight is 508 g/mol. The summed E-state index contributed by atoms with van der Waals surface area (Å²) < 4.78 is 0. The van der Waals surface area contributed by atoms with Gasteiger partial charge in [0.05, 0.1) is 5.71 Å². The van der Waals surface area contributed by atoms with Gasteiger partial charge in [0.1, 0.15) is 5.69 Å². The number of nitrogens with zero attached hydrogens (tertiary/aromatic N) is 2. The van der Waals surface area contributed by atoms with Crippen molar-refractivity contribution in [1.82, 2.24) is 15.2 Å². The van der Waals surface area contributed by atoms with Crippen molar-refractivity contribution in [3.05, 3.63) is 77.8 Å². The number of hydrogen-bond acceptors (Lipinski definition) is 5. The quantitative estimate of drug-likeness (QED) is 0.265. The maximum atomic E-state index is 12.6. The van der Waals surface area contributed by atoms with E-state index in [1.807, 2.05) is 32.6 Å². The van der Waals surface area contributed by atoms with Gasteiger partial charge >= 0.3 is 0 Å². The van der Waals surface area contributed by atoms with Crippen LogP contribution in [0.1, 0.15) is 83.8 Å². The molecule has 0 aromatic carbocycles. The van der Waals surface area contributed by atoms with Gasteiger partial charge in [-0.25, -0.2) is 0 Å². The molecule has 0 saturated carbocycles. The highest BCUT2D eigenvalue weighted by molar-refractivity contribution is 6.05. The van der Waals surface area contributed by atoms with E-state index in [9.17, 15) is 9.59 Å². The Hall–Kier alpha value is -3.61. The number of amides is 2. The molecule has 1 aliphatic rings. The number of hydrogen-bond donors (Lipinski definition) is 3. The molecule has 0 unspecified atom stereocenters. The van der Waals surface area contributed by atoms with E-state index in [1.165, 1.54) is 18.9 Å². The Kier molecular flexibility index (Phi) is 12.6. The van der Waals surface area contributed by atoms with Gasteiger partial charge in [0.15, 0.2) is 0 Å². The Morgan fingerprint density at radius 3 is 2.46 bits per heavy atom. The molecule has 202 valence electrons. The number of pyridine rings is 1. The van der Waals surface area contributed by atoms with E-state index < -0.39 is 5.41 Å². The van der Waals surface area contributed by atoms with Gasteiger partial charge in [-0.2, -0.15) is 0 Å². The molecule has 0 atom stereocenters. The minimum Gasteiger partial charge on any atom is -0.338 e. The van der Waals surface area contributed by atoms with Crippen molar-refractivity contribution >= 4 is 23.2 Å². The molecule has 2 rings (SSSR count). The van der Waals surface area contributed by atoms with Gasteiger partial charge in [0.25, 0.3) is 5.91 Å². The van der Waals surface area contributed by atoms with Crippen molar-refractivity contribution in [2.24, 2.45) is 5.41 Å². The standard InChI is InChI=1S/C24H30N4O2.C6H13N.H2/c1-7-20(25)16(2)9-8-10-17(3)27-22(29)21-13-19-15-28(23(30)24(4,5)6)12-11-18(19)14-26-21;1-3-4-5-6(2)7;/h7-10,13-14,25H,1,3,11-12,15H2,2,4-6H3,(H,27,29);7H,3-5H2,1-2H3;1H/b10-8-,16-9+,25-20?;;. The van der Waals surface area contributed by atoms with Gasteiger partial charge < -0.3 is 21.0 Å². The number of aromatic nitrogens is 1. The van der Waals surface area contributed by atoms with Crippen molar-refractivity contribution in [2.75, 3.05) is 6.54 Å². The van der Waals surface area contributed by atoms with Gasteiger partial charge in [-0.1, -0.05) is 59.4 Å². The van der Waals surface area contributed by atoms with Crippen LogP contribution in [-0.2, 0) is 17.8 Å². The molecule has 0 saturated heterocycles. The molecule has 0 aliphatic carbocycles. The summed E-state index contributed by atoms with van der Waals surface area (Å²) in [6.45, 7) is 20.1. The lowest BCUT2D eigenvalue weighted by atomic mass is 9.92. The predicted molar refractivity (Wildman–Crippen MR) is 155 cm³/mol. The van der Waals surface area contributed by atoms with Crippen LogP contribution in [0.2, 0.25) is 0 Å². The number of nitrogens with one attached hydrogen (secondary N) is 3. The van der Waals surface area contributed by atoms with Crippen molar-refractivity contribution in [1.29, 1.82) is 10.8 Å². The first-order valence-corrected chi connectivity index (χ1v) is 12.7. The Morgan fingerprint density at radius 1 is 1.24 bits per heavy atom. The van der Waals surface area contributed by atoms with Gasteiger partial charge in [-0.05, 0) is 68.0 Å². The van der Waals surface area contributed by atoms with Crippen molar-refractivity contribution < 1.29 is 11.0 Å². The number of unbranched alkanes of at least 4 members (excludes halogenated alkanes) is 1. The third-order valence-corrected chi connectivity index (χ3v) is 5.71. The zero-order valence-electron chi connectivity index (χ0n) is 23.3. The summed E-state index contributed by atoms with van der Waals surface area (Å²) in [7, 11) is 0. The van der Waals surface area contributed by atoms with Crippen LogP contribution in [0.25, 0.3) is 0 Å². The van der Waals surface area contributed by atoms with Crippen LogP contribution >= 0.6 is 0 Å². The Morgan fingerprint density at radius 2 is 1.92 bits per heavy atom. The fourth-order valence-corrected chi connectivity index (χ4v) is 3.46. The molecule has 0 fully saturated rings. The lowest BCUT2D eigenvalue weighted by Gasteiger charge is -2.33. The summed E-state index contributed by atoms with van der Waals surface area (Å²) in [4.78, 5) is 31.3. The molecule has 3 N–H and O–H groups in total. The summed E-state index contributed by atoms with van der Waals surface area (Å²) in [6.07, 6.45) is 12.4. The zero-order valence-corrected chi connectivity index (χ0v) is 23.3. The maximum absolute atomic E-state index is 12.6. The van der Waals surface area contributed by atoms with Gasteiger partial charge in [-0.15, -0.1) is 0 Å². The van der Waals surface area contributed by atoms with Crippen molar-refractivity contribution in [3.63, 3.8) is 0 Å². The lowest BCUT2D eigenvalue weighted by molar-refractivity contribution is -0.140. The Bertz CT molecular complexity index is 1100. The molecule has 1 aliphatic heterocycles. The molecule has 1 aromatic heterocycles. The lowest BCUT2D eigenvalue weighted by Crippen LogP contribution is -2.42. The SMILES string of the molecule is C=CC(=N)/C(C)=C/C=C\C(=C)NC(=O)c1cc2c(cn1)CCN(C(=O)C(C)(C)C)C2.CCCCC(C)=N.[HH]. The third kappa shape index (κ3) is 10.9. The van der Waals surface area contributed by atoms with Crippen LogP contribution in [0.3, 0.4) is 0 Å². The molecular formula is C30H45N5O2. The number of carbonyl (C=O) groups excluding carboxylic acids is 2. The first-order chi connectivity index (χ1) is 17.3. The van der Waals surface area contributed by atoms with Crippen LogP contribution in [-0.4, -0.2) is 39.7 Å². The molecule has 7 heteroatoms. The minimum absolute atomic E-state index is 0. The first kappa shape index (κ1) is 31.4. The molecular weight excluding hydrogens is 462 g/mol. The summed E-state index contributed by atoms with van der Waals surface area (Å²) in [5, 5.41) is 17.4. The molecule has 0 radical (unpaired) electrons. The number of carbonyl (C=O) groups is 2. The van der Waals surface area contributed by atoms with Gasteiger partial charge in [-0.3, -0.25) is 14.6 Å². The van der Waals surface area contributed by atoms with E-state index in [0.29, 0.717) is 24.5 Å². The van der Waals surface area contributed by atoms with Crippen LogP contribution in [0.4, 0.5) is 0 Å². The van der Waals surface area contributed by atoms with E-state index in [1.54, 1.807) is 37.4 Å². The van der Waals surface area contributed by atoms with Crippen molar-refractivity contribution in [2.45, 2.75) is 73.8 Å². The van der Waals surface area contributed by atoms with Crippen LogP contribution in [0, 0.1) is 16.2 Å². The predicted octanol–water partition coefficient (Wildman–Crippen LogP) is 6.43. The summed E-state index contributed by atoms with van der Waals surface area (Å²) >= 11 is 0. The van der Waals surface area contributed by atoms with Crippen LogP contribution in [0.5, 0.6) is 0 Å². The largest absolute Gasteiger partial charge is 0.338 e. The topological polar surface area (TPSA) is 110 Å². The molecule has 0 spiro atoms. The smallest absolute Gasteiger partial charge is 0.274 e. The number of allylic oxidation sites excluding steroid dienone is 5.